The van der Waals surface area contributed by atoms with Gasteiger partial charge in [0.2, 0.25) is 5.91 Å². The second-order valence-corrected chi connectivity index (χ2v) is 9.10. The molecule has 2 N–H and O–H groups in total. The minimum absolute atomic E-state index is 0. The van der Waals surface area contributed by atoms with Crippen molar-refractivity contribution in [3.05, 3.63) is 21.9 Å². The number of thiophene rings is 1. The highest BCUT2D eigenvalue weighted by molar-refractivity contribution is 14.0. The predicted molar refractivity (Wildman–Crippen MR) is 128 cm³/mol. The minimum Gasteiger partial charge on any atom is -0.357 e. The second kappa shape index (κ2) is 11.5. The van der Waals surface area contributed by atoms with Gasteiger partial charge in [-0.1, -0.05) is 0 Å². The third-order valence-corrected chi connectivity index (χ3v) is 7.28. The quantitative estimate of drug-likeness (QED) is 0.341. The van der Waals surface area contributed by atoms with E-state index >= 15 is 0 Å². The molecule has 1 saturated carbocycles. The highest BCUT2D eigenvalue weighted by Crippen LogP contribution is 2.28. The SMILES string of the molecule is CCNC(=NCCC(=O)N1CCc2sccc2C1)NC1CCC(SC)C1.I. The molecule has 0 radical (unpaired) electrons. The van der Waals surface area contributed by atoms with Gasteiger partial charge in [-0.05, 0) is 55.9 Å². The zero-order valence-corrected chi connectivity index (χ0v) is 20.2. The Morgan fingerprint density at radius 2 is 2.30 bits per heavy atom. The fraction of sp³-hybridized carbons (Fsp3) is 0.684. The average molecular weight is 523 g/mol. The maximum atomic E-state index is 12.5. The van der Waals surface area contributed by atoms with Crippen molar-refractivity contribution in [2.75, 3.05) is 25.9 Å². The van der Waals surface area contributed by atoms with Crippen LogP contribution in [0, 0.1) is 0 Å². The summed E-state index contributed by atoms with van der Waals surface area (Å²) in [5.74, 6) is 1.07. The minimum atomic E-state index is 0. The van der Waals surface area contributed by atoms with Crippen molar-refractivity contribution >= 4 is 58.9 Å². The zero-order chi connectivity index (χ0) is 18.4. The molecule has 2 heterocycles. The summed E-state index contributed by atoms with van der Waals surface area (Å²) < 4.78 is 0. The monoisotopic (exact) mass is 522 g/mol. The van der Waals surface area contributed by atoms with Gasteiger partial charge in [0.1, 0.15) is 0 Å². The lowest BCUT2D eigenvalue weighted by atomic mass is 10.1. The molecule has 0 saturated heterocycles. The van der Waals surface area contributed by atoms with Gasteiger partial charge in [0, 0.05) is 42.2 Å². The Morgan fingerprint density at radius 1 is 1.44 bits per heavy atom. The van der Waals surface area contributed by atoms with Crippen LogP contribution in [0.4, 0.5) is 0 Å². The van der Waals surface area contributed by atoms with Gasteiger partial charge in [-0.25, -0.2) is 0 Å². The van der Waals surface area contributed by atoms with E-state index in [4.69, 9.17) is 0 Å². The van der Waals surface area contributed by atoms with Crippen LogP contribution < -0.4 is 10.6 Å². The predicted octanol–water partition coefficient (Wildman–Crippen LogP) is 3.48. The van der Waals surface area contributed by atoms with Crippen molar-refractivity contribution in [1.29, 1.82) is 0 Å². The Bertz CT molecular complexity index is 637. The van der Waals surface area contributed by atoms with Crippen LogP contribution in [0.15, 0.2) is 16.4 Å². The molecular formula is C19H31IN4OS2. The van der Waals surface area contributed by atoms with E-state index < -0.39 is 0 Å². The Labute approximate surface area is 188 Å². The Hall–Kier alpha value is -0.480. The fourth-order valence-corrected chi connectivity index (χ4v) is 5.37. The lowest BCUT2D eigenvalue weighted by molar-refractivity contribution is -0.131. The molecule has 1 fully saturated rings. The van der Waals surface area contributed by atoms with E-state index in [2.05, 4.69) is 40.3 Å². The van der Waals surface area contributed by atoms with Crippen LogP contribution in [0.5, 0.6) is 0 Å². The Kier molecular flexibility index (Phi) is 9.72. The number of carbonyl (C=O) groups is 1. The lowest BCUT2D eigenvalue weighted by Crippen LogP contribution is -2.43. The Balaban J connectivity index is 0.00000261. The van der Waals surface area contributed by atoms with Gasteiger partial charge in [0.25, 0.3) is 0 Å². The number of halogens is 1. The molecule has 2 unspecified atom stereocenters. The summed E-state index contributed by atoms with van der Waals surface area (Å²) in [5.41, 5.74) is 1.32. The first-order valence-electron chi connectivity index (χ1n) is 9.60. The molecule has 1 aromatic heterocycles. The van der Waals surface area contributed by atoms with E-state index in [1.807, 2.05) is 16.7 Å². The third-order valence-electron chi connectivity index (χ3n) is 5.16. The fourth-order valence-electron chi connectivity index (χ4n) is 3.68. The number of carbonyl (C=O) groups excluding carboxylic acids is 1. The molecule has 0 aromatic carbocycles. The molecule has 27 heavy (non-hydrogen) atoms. The maximum Gasteiger partial charge on any atom is 0.224 e. The third kappa shape index (κ3) is 6.52. The normalized spacial score (nSPS) is 22.1. The van der Waals surface area contributed by atoms with Crippen LogP contribution >= 0.6 is 47.1 Å². The van der Waals surface area contributed by atoms with Gasteiger partial charge < -0.3 is 15.5 Å². The van der Waals surface area contributed by atoms with E-state index in [9.17, 15) is 4.79 Å². The molecule has 3 rings (SSSR count). The summed E-state index contributed by atoms with van der Waals surface area (Å²) in [6.07, 6.45) is 7.33. The number of amides is 1. The van der Waals surface area contributed by atoms with Crippen molar-refractivity contribution in [2.24, 2.45) is 4.99 Å². The number of fused-ring (bicyclic) bond motifs is 1. The largest absolute Gasteiger partial charge is 0.357 e. The van der Waals surface area contributed by atoms with E-state index in [1.165, 1.54) is 29.7 Å². The molecule has 8 heteroatoms. The van der Waals surface area contributed by atoms with Crippen LogP contribution in [0.2, 0.25) is 0 Å². The summed E-state index contributed by atoms with van der Waals surface area (Å²) in [7, 11) is 0. The number of hydrogen-bond acceptors (Lipinski definition) is 4. The molecule has 1 amide bonds. The van der Waals surface area contributed by atoms with Crippen LogP contribution in [0.1, 0.15) is 43.0 Å². The molecule has 2 atom stereocenters. The van der Waals surface area contributed by atoms with E-state index in [0.29, 0.717) is 19.0 Å². The summed E-state index contributed by atoms with van der Waals surface area (Å²) in [6, 6.07) is 2.65. The topological polar surface area (TPSA) is 56.7 Å². The molecule has 0 bridgehead atoms. The highest BCUT2D eigenvalue weighted by atomic mass is 127. The second-order valence-electron chi connectivity index (χ2n) is 6.96. The first-order valence-corrected chi connectivity index (χ1v) is 11.8. The molecule has 1 aliphatic carbocycles. The first-order chi connectivity index (χ1) is 12.7. The van der Waals surface area contributed by atoms with Crippen molar-refractivity contribution in [3.8, 4) is 0 Å². The number of guanidine groups is 1. The molecular weight excluding hydrogens is 491 g/mol. The number of nitrogens with one attached hydrogen (secondary N) is 2. The summed E-state index contributed by atoms with van der Waals surface area (Å²) in [6.45, 7) is 5.06. The molecule has 2 aliphatic rings. The summed E-state index contributed by atoms with van der Waals surface area (Å²) >= 11 is 3.77. The number of nitrogens with zero attached hydrogens (tertiary/aromatic N) is 2. The van der Waals surface area contributed by atoms with Crippen molar-refractivity contribution in [3.63, 3.8) is 0 Å². The van der Waals surface area contributed by atoms with Crippen LogP contribution in [0.3, 0.4) is 0 Å². The van der Waals surface area contributed by atoms with Crippen LogP contribution in [-0.4, -0.2) is 53.9 Å². The standard InChI is InChI=1S/C19H30N4OS2.HI/c1-3-20-19(22-15-4-5-16(12-15)25-2)21-9-6-18(24)23-10-7-17-14(13-23)8-11-26-17;/h8,11,15-16H,3-7,9-10,12-13H2,1-2H3,(H2,20,21,22);1H. The highest BCUT2D eigenvalue weighted by Gasteiger charge is 2.24. The van der Waals surface area contributed by atoms with Gasteiger partial charge in [-0.3, -0.25) is 9.79 Å². The van der Waals surface area contributed by atoms with Gasteiger partial charge in [-0.15, -0.1) is 35.3 Å². The number of thioether (sulfide) groups is 1. The molecule has 5 nitrogen and oxygen atoms in total. The maximum absolute atomic E-state index is 12.5. The average Bonchev–Trinajstić information content (AvgIpc) is 3.29. The van der Waals surface area contributed by atoms with E-state index in [-0.39, 0.29) is 29.9 Å². The molecule has 152 valence electrons. The van der Waals surface area contributed by atoms with Gasteiger partial charge in [0.05, 0.1) is 6.54 Å². The van der Waals surface area contributed by atoms with Crippen LogP contribution in [-0.2, 0) is 17.8 Å². The first kappa shape index (κ1) is 22.8. The van der Waals surface area contributed by atoms with Crippen molar-refractivity contribution in [2.45, 2.75) is 56.9 Å². The van der Waals surface area contributed by atoms with E-state index in [0.717, 1.165) is 37.3 Å². The number of rotatable bonds is 6. The van der Waals surface area contributed by atoms with Crippen molar-refractivity contribution in [1.82, 2.24) is 15.5 Å². The van der Waals surface area contributed by atoms with Crippen molar-refractivity contribution < 1.29 is 4.79 Å². The summed E-state index contributed by atoms with van der Waals surface area (Å²) in [5, 5.41) is 9.75. The number of hydrogen-bond donors (Lipinski definition) is 2. The van der Waals surface area contributed by atoms with Crippen LogP contribution in [0.25, 0.3) is 0 Å². The Morgan fingerprint density at radius 3 is 3.04 bits per heavy atom. The number of aliphatic imine (C=N–C) groups is 1. The lowest BCUT2D eigenvalue weighted by Gasteiger charge is -2.27. The smallest absolute Gasteiger partial charge is 0.224 e. The molecule has 0 spiro atoms. The van der Waals surface area contributed by atoms with Gasteiger partial charge in [-0.2, -0.15) is 11.8 Å². The van der Waals surface area contributed by atoms with E-state index in [1.54, 1.807) is 11.3 Å². The van der Waals surface area contributed by atoms with Gasteiger partial charge in [0.15, 0.2) is 5.96 Å². The zero-order valence-electron chi connectivity index (χ0n) is 16.2. The summed E-state index contributed by atoms with van der Waals surface area (Å²) in [4.78, 5) is 20.6. The molecule has 1 aliphatic heterocycles. The van der Waals surface area contributed by atoms with Gasteiger partial charge >= 0.3 is 0 Å². The molecule has 1 aromatic rings.